The average Bonchev–Trinajstić information content (AvgIpc) is 2.42. The number of nitrogens with zero attached hydrogens (tertiary/aromatic N) is 2. The third kappa shape index (κ3) is 3.51. The number of hydrogen-bond acceptors (Lipinski definition) is 4. The molecule has 1 aromatic heterocycles. The maximum Gasteiger partial charge on any atom is 0.327 e. The molecule has 0 saturated heterocycles. The molecule has 0 unspecified atom stereocenters. The second kappa shape index (κ2) is 6.95. The Morgan fingerprint density at radius 2 is 2.05 bits per heavy atom. The summed E-state index contributed by atoms with van der Waals surface area (Å²) in [6, 6.07) is 9.19. The summed E-state index contributed by atoms with van der Waals surface area (Å²) in [6.07, 6.45) is 0. The number of esters is 1. The molecule has 0 aliphatic carbocycles. The molecule has 0 aliphatic rings. The highest BCUT2D eigenvalue weighted by Crippen LogP contribution is 2.18. The number of carbonyl (C=O) groups excluding carboxylic acids is 1. The van der Waals surface area contributed by atoms with Gasteiger partial charge in [-0.2, -0.15) is 5.10 Å². The van der Waals surface area contributed by atoms with Crippen molar-refractivity contribution in [1.82, 2.24) is 9.78 Å². The van der Waals surface area contributed by atoms with Crippen LogP contribution in [0.15, 0.2) is 36.4 Å². The molecular formula is C13H13BrFN3O2. The lowest BCUT2D eigenvalue weighted by molar-refractivity contribution is -0.141. The quantitative estimate of drug-likeness (QED) is 0.867. The van der Waals surface area contributed by atoms with E-state index in [1.807, 2.05) is 0 Å². The number of nitrogens with one attached hydrogen (secondary N) is 1. The normalized spacial score (nSPS) is 9.70. The van der Waals surface area contributed by atoms with E-state index in [9.17, 15) is 9.18 Å². The van der Waals surface area contributed by atoms with E-state index in [2.05, 4.69) is 9.84 Å². The molecule has 0 bridgehead atoms. The first-order valence-corrected chi connectivity index (χ1v) is 5.56. The monoisotopic (exact) mass is 341 g/mol. The number of carbonyl (C=O) groups is 1. The Morgan fingerprint density at radius 1 is 1.35 bits per heavy atom. The van der Waals surface area contributed by atoms with Crippen molar-refractivity contribution in [3.05, 3.63) is 47.7 Å². The van der Waals surface area contributed by atoms with E-state index in [1.54, 1.807) is 18.2 Å². The van der Waals surface area contributed by atoms with Crippen LogP contribution < -0.4 is 5.49 Å². The Balaban J connectivity index is 0.00000200. The summed E-state index contributed by atoms with van der Waals surface area (Å²) >= 11 is 0. The lowest BCUT2D eigenvalue weighted by Gasteiger charge is -2.07. The summed E-state index contributed by atoms with van der Waals surface area (Å²) in [5.41, 5.74) is 0.726. The number of hydrogen-bond donors (Lipinski definition) is 1. The van der Waals surface area contributed by atoms with Crippen LogP contribution in [0.1, 0.15) is 0 Å². The van der Waals surface area contributed by atoms with E-state index < -0.39 is 11.8 Å². The summed E-state index contributed by atoms with van der Waals surface area (Å²) in [4.78, 5) is 11.2. The van der Waals surface area contributed by atoms with Crippen molar-refractivity contribution in [3.63, 3.8) is 0 Å². The van der Waals surface area contributed by atoms with Gasteiger partial charge in [0.2, 0.25) is 0 Å². The van der Waals surface area contributed by atoms with Crippen molar-refractivity contribution in [2.45, 2.75) is 6.54 Å². The first-order chi connectivity index (χ1) is 9.11. The molecule has 0 spiro atoms. The maximum atomic E-state index is 13.6. The van der Waals surface area contributed by atoms with Gasteiger partial charge in [-0.25, -0.2) is 9.07 Å². The van der Waals surface area contributed by atoms with Crippen molar-refractivity contribution in [3.8, 4) is 11.3 Å². The minimum Gasteiger partial charge on any atom is -0.468 e. The fraction of sp³-hybridized carbons (Fsp3) is 0.154. The minimum atomic E-state index is -0.517. The molecule has 0 fully saturated rings. The second-order valence-electron chi connectivity index (χ2n) is 3.82. The Labute approximate surface area is 125 Å². The molecule has 0 atom stereocenters. The third-order valence-electron chi connectivity index (χ3n) is 2.56. The molecule has 20 heavy (non-hydrogen) atoms. The van der Waals surface area contributed by atoms with Crippen LogP contribution in [-0.2, 0) is 16.1 Å². The van der Waals surface area contributed by atoms with Crippen LogP contribution in [0.2, 0.25) is 0 Å². The van der Waals surface area contributed by atoms with Crippen LogP contribution in [0.3, 0.4) is 0 Å². The Morgan fingerprint density at radius 3 is 2.70 bits per heavy atom. The molecule has 1 aromatic carbocycles. The standard InChI is InChI=1S/C13H12FN3O2.BrH/c1-19-13(18)8-17-12(15)7-6-11(16-17)9-4-2-3-5-10(9)14;/h2-7,15H,8H2,1H3;1H. The Bertz CT molecular complexity index is 673. The fourth-order valence-corrected chi connectivity index (χ4v) is 1.58. The summed E-state index contributed by atoms with van der Waals surface area (Å²) < 4.78 is 19.3. The molecule has 0 saturated carbocycles. The van der Waals surface area contributed by atoms with Gasteiger partial charge >= 0.3 is 5.97 Å². The van der Waals surface area contributed by atoms with E-state index in [4.69, 9.17) is 5.41 Å². The summed E-state index contributed by atoms with van der Waals surface area (Å²) in [6.45, 7) is -0.183. The molecule has 1 heterocycles. The predicted octanol–water partition coefficient (Wildman–Crippen LogP) is 1.92. The molecule has 5 nitrogen and oxygen atoms in total. The summed E-state index contributed by atoms with van der Waals surface area (Å²) in [7, 11) is 1.26. The summed E-state index contributed by atoms with van der Waals surface area (Å²) in [5, 5.41) is 11.7. The van der Waals surface area contributed by atoms with Crippen molar-refractivity contribution in [2.24, 2.45) is 0 Å². The van der Waals surface area contributed by atoms with E-state index in [0.717, 1.165) is 4.68 Å². The lowest BCUT2D eigenvalue weighted by atomic mass is 10.1. The topological polar surface area (TPSA) is 68.0 Å². The van der Waals surface area contributed by atoms with E-state index in [1.165, 1.54) is 25.3 Å². The van der Waals surface area contributed by atoms with Crippen LogP contribution in [0.4, 0.5) is 4.39 Å². The molecule has 7 heteroatoms. The SMILES string of the molecule is Br.COC(=O)Cn1nc(-c2ccccc2F)ccc1=N. The van der Waals surface area contributed by atoms with Crippen molar-refractivity contribution >= 4 is 23.0 Å². The largest absolute Gasteiger partial charge is 0.468 e. The van der Waals surface area contributed by atoms with Crippen LogP contribution in [0, 0.1) is 11.2 Å². The zero-order valence-electron chi connectivity index (χ0n) is 10.7. The van der Waals surface area contributed by atoms with Gasteiger partial charge in [0, 0.05) is 5.56 Å². The van der Waals surface area contributed by atoms with E-state index >= 15 is 0 Å². The lowest BCUT2D eigenvalue weighted by Crippen LogP contribution is -2.27. The summed E-state index contributed by atoms with van der Waals surface area (Å²) in [5.74, 6) is -0.922. The van der Waals surface area contributed by atoms with Gasteiger partial charge in [0.1, 0.15) is 17.8 Å². The number of methoxy groups -OCH3 is 1. The average molecular weight is 342 g/mol. The zero-order valence-corrected chi connectivity index (χ0v) is 12.4. The predicted molar refractivity (Wildman–Crippen MR) is 75.8 cm³/mol. The van der Waals surface area contributed by atoms with Gasteiger partial charge in [0.05, 0.1) is 12.8 Å². The van der Waals surface area contributed by atoms with Crippen molar-refractivity contribution < 1.29 is 13.9 Å². The van der Waals surface area contributed by atoms with Crippen molar-refractivity contribution in [1.29, 1.82) is 5.41 Å². The highest BCUT2D eigenvalue weighted by atomic mass is 79.9. The number of ether oxygens (including phenoxy) is 1. The fourth-order valence-electron chi connectivity index (χ4n) is 1.58. The number of halogens is 2. The van der Waals surface area contributed by atoms with Gasteiger partial charge < -0.3 is 4.74 Å². The van der Waals surface area contributed by atoms with Gasteiger partial charge in [0.15, 0.2) is 0 Å². The zero-order chi connectivity index (χ0) is 13.8. The van der Waals surface area contributed by atoms with E-state index in [0.29, 0.717) is 11.3 Å². The molecule has 1 N–H and O–H groups in total. The Hall–Kier alpha value is -2.02. The molecule has 0 aliphatic heterocycles. The molecule has 106 valence electrons. The van der Waals surface area contributed by atoms with E-state index in [-0.39, 0.29) is 29.0 Å². The first-order valence-electron chi connectivity index (χ1n) is 5.56. The van der Waals surface area contributed by atoms with Crippen LogP contribution in [0.5, 0.6) is 0 Å². The minimum absolute atomic E-state index is 0. The van der Waals surface area contributed by atoms with Gasteiger partial charge in [-0.05, 0) is 24.3 Å². The number of rotatable bonds is 3. The highest BCUT2D eigenvalue weighted by molar-refractivity contribution is 8.93. The van der Waals surface area contributed by atoms with Crippen LogP contribution in [-0.4, -0.2) is 22.9 Å². The molecule has 2 aromatic rings. The molecular weight excluding hydrogens is 329 g/mol. The van der Waals surface area contributed by atoms with Crippen LogP contribution >= 0.6 is 17.0 Å². The smallest absolute Gasteiger partial charge is 0.327 e. The highest BCUT2D eigenvalue weighted by Gasteiger charge is 2.09. The van der Waals surface area contributed by atoms with Gasteiger partial charge in [0.25, 0.3) is 0 Å². The molecule has 2 rings (SSSR count). The van der Waals surface area contributed by atoms with Gasteiger partial charge in [-0.1, -0.05) is 12.1 Å². The Kier molecular flexibility index (Phi) is 5.57. The second-order valence-corrected chi connectivity index (χ2v) is 3.82. The van der Waals surface area contributed by atoms with Gasteiger partial charge in [-0.15, -0.1) is 17.0 Å². The maximum absolute atomic E-state index is 13.6. The van der Waals surface area contributed by atoms with Crippen molar-refractivity contribution in [2.75, 3.05) is 7.11 Å². The first kappa shape index (κ1) is 16.0. The number of benzene rings is 1. The van der Waals surface area contributed by atoms with Crippen LogP contribution in [0.25, 0.3) is 11.3 Å². The molecule has 0 amide bonds. The molecule has 0 radical (unpaired) electrons. The van der Waals surface area contributed by atoms with Gasteiger partial charge in [-0.3, -0.25) is 10.2 Å². The number of aromatic nitrogens is 2. The third-order valence-corrected chi connectivity index (χ3v) is 2.56.